The summed E-state index contributed by atoms with van der Waals surface area (Å²) in [6.45, 7) is 9.87. The molecule has 1 N–H and O–H groups in total. The Kier molecular flexibility index (Phi) is 2.88. The number of hydrogen-bond acceptors (Lipinski definition) is 1. The van der Waals surface area contributed by atoms with Gasteiger partial charge in [-0.15, -0.1) is 0 Å². The number of carbonyl (C=O) groups excluding carboxylic acids is 1. The first-order valence-electron chi connectivity index (χ1n) is 3.61. The largest absolute Gasteiger partial charge is 0.353 e. The molecule has 0 radical (unpaired) electrons. The van der Waals surface area contributed by atoms with Gasteiger partial charge in [0.1, 0.15) is 0 Å². The van der Waals surface area contributed by atoms with E-state index in [9.17, 15) is 4.79 Å². The molecule has 1 atom stereocenters. The van der Waals surface area contributed by atoms with E-state index in [2.05, 4.69) is 26.1 Å². The second-order valence-electron chi connectivity index (χ2n) is 3.79. The SMILES string of the molecule is CC(=O)N[C@H](C)C(C)(C)C. The highest BCUT2D eigenvalue weighted by Gasteiger charge is 2.19. The van der Waals surface area contributed by atoms with Crippen LogP contribution in [0.3, 0.4) is 0 Å². The lowest BCUT2D eigenvalue weighted by atomic mass is 9.88. The van der Waals surface area contributed by atoms with E-state index in [1.54, 1.807) is 6.92 Å². The summed E-state index contributed by atoms with van der Waals surface area (Å²) in [7, 11) is 0. The summed E-state index contributed by atoms with van der Waals surface area (Å²) in [5.74, 6) is 0.0439. The van der Waals surface area contributed by atoms with Gasteiger partial charge in [0, 0.05) is 13.0 Å². The molecule has 0 aliphatic heterocycles. The van der Waals surface area contributed by atoms with Gasteiger partial charge in [-0.1, -0.05) is 20.8 Å². The highest BCUT2D eigenvalue weighted by molar-refractivity contribution is 5.73. The van der Waals surface area contributed by atoms with Crippen LogP contribution in [0.25, 0.3) is 0 Å². The van der Waals surface area contributed by atoms with E-state index in [0.717, 1.165) is 0 Å². The minimum Gasteiger partial charge on any atom is -0.353 e. The number of carbonyl (C=O) groups is 1. The molecule has 0 rings (SSSR count). The van der Waals surface area contributed by atoms with Crippen molar-refractivity contribution in [3.05, 3.63) is 0 Å². The average molecular weight is 143 g/mol. The van der Waals surface area contributed by atoms with Crippen molar-refractivity contribution in [3.63, 3.8) is 0 Å². The van der Waals surface area contributed by atoms with Gasteiger partial charge in [0.15, 0.2) is 0 Å². The molecule has 0 aromatic carbocycles. The summed E-state index contributed by atoms with van der Waals surface area (Å²) >= 11 is 0. The Balaban J connectivity index is 3.85. The number of amides is 1. The molecule has 0 saturated carbocycles. The van der Waals surface area contributed by atoms with Crippen molar-refractivity contribution in [2.75, 3.05) is 0 Å². The second-order valence-corrected chi connectivity index (χ2v) is 3.79. The van der Waals surface area contributed by atoms with Gasteiger partial charge in [0.05, 0.1) is 0 Å². The van der Waals surface area contributed by atoms with Crippen LogP contribution in [0.15, 0.2) is 0 Å². The van der Waals surface area contributed by atoms with Crippen molar-refractivity contribution in [2.24, 2.45) is 5.41 Å². The molecule has 2 heteroatoms. The Morgan fingerprint density at radius 1 is 1.40 bits per heavy atom. The van der Waals surface area contributed by atoms with Crippen LogP contribution in [-0.2, 0) is 4.79 Å². The van der Waals surface area contributed by atoms with Crippen molar-refractivity contribution < 1.29 is 4.79 Å². The van der Waals surface area contributed by atoms with Crippen LogP contribution in [0.5, 0.6) is 0 Å². The van der Waals surface area contributed by atoms with Crippen LogP contribution in [0.4, 0.5) is 0 Å². The zero-order chi connectivity index (χ0) is 8.36. The summed E-state index contributed by atoms with van der Waals surface area (Å²) in [6, 6.07) is 0.241. The van der Waals surface area contributed by atoms with Gasteiger partial charge in [0.2, 0.25) is 5.91 Å². The molecule has 2 nitrogen and oxygen atoms in total. The number of hydrogen-bond donors (Lipinski definition) is 1. The van der Waals surface area contributed by atoms with Crippen LogP contribution in [0.2, 0.25) is 0 Å². The van der Waals surface area contributed by atoms with Crippen molar-refractivity contribution in [1.29, 1.82) is 0 Å². The van der Waals surface area contributed by atoms with E-state index in [1.165, 1.54) is 0 Å². The third kappa shape index (κ3) is 3.49. The Hall–Kier alpha value is -0.530. The molecular formula is C8H17NO. The molecule has 0 fully saturated rings. The molecule has 0 heterocycles. The molecular weight excluding hydrogens is 126 g/mol. The van der Waals surface area contributed by atoms with Crippen LogP contribution in [-0.4, -0.2) is 11.9 Å². The first-order chi connectivity index (χ1) is 4.34. The molecule has 0 aliphatic rings. The molecule has 0 aliphatic carbocycles. The maximum absolute atomic E-state index is 10.6. The summed E-state index contributed by atoms with van der Waals surface area (Å²) in [5.41, 5.74) is 0.158. The summed E-state index contributed by atoms with van der Waals surface area (Å²) in [5, 5.41) is 2.84. The molecule has 0 aromatic heterocycles. The van der Waals surface area contributed by atoms with Gasteiger partial charge in [-0.25, -0.2) is 0 Å². The Labute approximate surface area is 63.0 Å². The van der Waals surface area contributed by atoms with Crippen molar-refractivity contribution in [1.82, 2.24) is 5.32 Å². The van der Waals surface area contributed by atoms with E-state index in [4.69, 9.17) is 0 Å². The molecule has 0 saturated heterocycles. The van der Waals surface area contributed by atoms with Crippen LogP contribution >= 0.6 is 0 Å². The van der Waals surface area contributed by atoms with Gasteiger partial charge in [-0.05, 0) is 12.3 Å². The fourth-order valence-corrected chi connectivity index (χ4v) is 0.521. The lowest BCUT2D eigenvalue weighted by Crippen LogP contribution is -2.40. The Morgan fingerprint density at radius 2 is 1.80 bits per heavy atom. The topological polar surface area (TPSA) is 29.1 Å². The lowest BCUT2D eigenvalue weighted by molar-refractivity contribution is -0.120. The van der Waals surface area contributed by atoms with E-state index in [1.807, 2.05) is 6.92 Å². The first kappa shape index (κ1) is 9.47. The molecule has 0 bridgehead atoms. The number of nitrogens with one attached hydrogen (secondary N) is 1. The fraction of sp³-hybridized carbons (Fsp3) is 0.875. The Bertz CT molecular complexity index is 124. The van der Waals surface area contributed by atoms with E-state index in [-0.39, 0.29) is 17.4 Å². The summed E-state index contributed by atoms with van der Waals surface area (Å²) in [6.07, 6.45) is 0. The van der Waals surface area contributed by atoms with Crippen molar-refractivity contribution in [2.45, 2.75) is 40.7 Å². The quantitative estimate of drug-likeness (QED) is 0.593. The van der Waals surface area contributed by atoms with Crippen LogP contribution < -0.4 is 5.32 Å². The van der Waals surface area contributed by atoms with Crippen molar-refractivity contribution >= 4 is 5.91 Å². The van der Waals surface area contributed by atoms with E-state index in [0.29, 0.717) is 0 Å². The smallest absolute Gasteiger partial charge is 0.217 e. The zero-order valence-corrected chi connectivity index (χ0v) is 7.49. The lowest BCUT2D eigenvalue weighted by Gasteiger charge is -2.27. The predicted octanol–water partition coefficient (Wildman–Crippen LogP) is 1.56. The fourth-order valence-electron chi connectivity index (χ4n) is 0.521. The second kappa shape index (κ2) is 3.04. The van der Waals surface area contributed by atoms with Gasteiger partial charge in [-0.2, -0.15) is 0 Å². The molecule has 1 amide bonds. The highest BCUT2D eigenvalue weighted by atomic mass is 16.1. The normalized spacial score (nSPS) is 14.5. The molecule has 0 unspecified atom stereocenters. The van der Waals surface area contributed by atoms with Crippen LogP contribution in [0, 0.1) is 5.41 Å². The minimum absolute atomic E-state index is 0.0439. The molecule has 10 heavy (non-hydrogen) atoms. The monoisotopic (exact) mass is 143 g/mol. The molecule has 0 spiro atoms. The number of rotatable bonds is 1. The highest BCUT2D eigenvalue weighted by Crippen LogP contribution is 2.17. The van der Waals surface area contributed by atoms with Gasteiger partial charge < -0.3 is 5.32 Å². The van der Waals surface area contributed by atoms with Gasteiger partial charge >= 0.3 is 0 Å². The minimum atomic E-state index is 0.0439. The first-order valence-corrected chi connectivity index (χ1v) is 3.61. The third-order valence-electron chi connectivity index (χ3n) is 1.72. The molecule has 60 valence electrons. The third-order valence-corrected chi connectivity index (χ3v) is 1.72. The zero-order valence-electron chi connectivity index (χ0n) is 7.49. The van der Waals surface area contributed by atoms with E-state index < -0.39 is 0 Å². The van der Waals surface area contributed by atoms with Gasteiger partial charge in [-0.3, -0.25) is 4.79 Å². The summed E-state index contributed by atoms with van der Waals surface area (Å²) in [4.78, 5) is 10.6. The Morgan fingerprint density at radius 3 is 1.90 bits per heavy atom. The van der Waals surface area contributed by atoms with Crippen molar-refractivity contribution in [3.8, 4) is 0 Å². The van der Waals surface area contributed by atoms with Crippen LogP contribution in [0.1, 0.15) is 34.6 Å². The maximum Gasteiger partial charge on any atom is 0.217 e. The van der Waals surface area contributed by atoms with E-state index >= 15 is 0 Å². The predicted molar refractivity (Wildman–Crippen MR) is 42.7 cm³/mol. The van der Waals surface area contributed by atoms with Gasteiger partial charge in [0.25, 0.3) is 0 Å². The maximum atomic E-state index is 10.6. The molecule has 0 aromatic rings. The standard InChI is InChI=1S/C8H17NO/c1-6(8(3,4)5)9-7(2)10/h6H,1-5H3,(H,9,10)/t6-/m1/s1. The average Bonchev–Trinajstić information content (AvgIpc) is 1.60. The summed E-state index contributed by atoms with van der Waals surface area (Å²) < 4.78 is 0.